The first-order chi connectivity index (χ1) is 12.6. The molecule has 1 aliphatic heterocycles. The van der Waals surface area contributed by atoms with E-state index in [0.29, 0.717) is 29.0 Å². The number of nitrogens with zero attached hydrogens (tertiary/aromatic N) is 1. The van der Waals surface area contributed by atoms with Crippen LogP contribution >= 0.6 is 0 Å². The zero-order valence-corrected chi connectivity index (χ0v) is 16.1. The molecule has 2 amide bonds. The molecule has 1 aliphatic rings. The maximum Gasteiger partial charge on any atom is 0.255 e. The van der Waals surface area contributed by atoms with Crippen molar-refractivity contribution in [2.75, 3.05) is 21.2 Å². The fourth-order valence-corrected chi connectivity index (χ4v) is 4.56. The van der Waals surface area contributed by atoms with E-state index >= 15 is 0 Å². The predicted octanol–water partition coefficient (Wildman–Crippen LogP) is 2.61. The molecule has 7 nitrogen and oxygen atoms in total. The van der Waals surface area contributed by atoms with Gasteiger partial charge in [0.25, 0.3) is 5.91 Å². The van der Waals surface area contributed by atoms with Crippen LogP contribution in [0.3, 0.4) is 0 Å². The molecule has 0 unspecified atom stereocenters. The highest BCUT2D eigenvalue weighted by Crippen LogP contribution is 2.34. The van der Waals surface area contributed by atoms with Crippen LogP contribution in [0, 0.1) is 0 Å². The Morgan fingerprint density at radius 3 is 2.19 bits per heavy atom. The maximum atomic E-state index is 12.5. The van der Waals surface area contributed by atoms with Crippen LogP contribution in [0.15, 0.2) is 42.5 Å². The second kappa shape index (κ2) is 7.03. The van der Waals surface area contributed by atoms with Gasteiger partial charge in [0.1, 0.15) is 0 Å². The van der Waals surface area contributed by atoms with E-state index in [4.69, 9.17) is 0 Å². The van der Waals surface area contributed by atoms with Crippen molar-refractivity contribution in [3.8, 4) is 0 Å². The summed E-state index contributed by atoms with van der Waals surface area (Å²) >= 11 is 0. The third-order valence-corrected chi connectivity index (χ3v) is 5.59. The van der Waals surface area contributed by atoms with Gasteiger partial charge in [0.15, 0.2) is 0 Å². The molecule has 0 fully saturated rings. The molecule has 2 N–H and O–H groups in total. The summed E-state index contributed by atoms with van der Waals surface area (Å²) in [5.41, 5.74) is 3.17. The molecule has 1 heterocycles. The number of sulfonamides is 1. The van der Waals surface area contributed by atoms with Gasteiger partial charge in [-0.05, 0) is 61.4 Å². The molecule has 0 saturated carbocycles. The lowest BCUT2D eigenvalue weighted by Crippen LogP contribution is -2.34. The standard InChI is InChI=1S/C19H21N3O4S/c1-12-10-15-11-14(4-9-18(15)22(12)27(3,25)26)19(24)21-17-7-5-16(6-8-17)20-13(2)23/h4-9,11-12H,10H2,1-3H3,(H,20,23)(H,21,24)/t12-/m0/s1. The number of anilines is 3. The van der Waals surface area contributed by atoms with Gasteiger partial charge in [0.05, 0.1) is 11.9 Å². The fourth-order valence-electron chi connectivity index (χ4n) is 3.29. The van der Waals surface area contributed by atoms with E-state index in [-0.39, 0.29) is 17.9 Å². The smallest absolute Gasteiger partial charge is 0.255 e. The molecule has 2 aromatic rings. The van der Waals surface area contributed by atoms with Crippen molar-refractivity contribution in [3.63, 3.8) is 0 Å². The Morgan fingerprint density at radius 1 is 1.04 bits per heavy atom. The van der Waals surface area contributed by atoms with Gasteiger partial charge in [-0.2, -0.15) is 0 Å². The van der Waals surface area contributed by atoms with Crippen LogP contribution in [0.25, 0.3) is 0 Å². The average Bonchev–Trinajstić information content (AvgIpc) is 2.91. The van der Waals surface area contributed by atoms with Gasteiger partial charge in [0, 0.05) is 29.9 Å². The van der Waals surface area contributed by atoms with E-state index < -0.39 is 10.0 Å². The minimum Gasteiger partial charge on any atom is -0.326 e. The number of hydrogen-bond donors (Lipinski definition) is 2. The number of rotatable bonds is 4. The number of carbonyl (C=O) groups is 2. The lowest BCUT2D eigenvalue weighted by molar-refractivity contribution is -0.114. The minimum atomic E-state index is -3.36. The molecule has 27 heavy (non-hydrogen) atoms. The van der Waals surface area contributed by atoms with Gasteiger partial charge in [-0.15, -0.1) is 0 Å². The third-order valence-electron chi connectivity index (χ3n) is 4.32. The topological polar surface area (TPSA) is 95.6 Å². The second-order valence-corrected chi connectivity index (χ2v) is 8.53. The Hall–Kier alpha value is -2.87. The first-order valence-corrected chi connectivity index (χ1v) is 10.3. The van der Waals surface area contributed by atoms with Crippen molar-refractivity contribution in [2.45, 2.75) is 26.3 Å². The third kappa shape index (κ3) is 4.11. The first-order valence-electron chi connectivity index (χ1n) is 8.46. The molecule has 0 radical (unpaired) electrons. The van der Waals surface area contributed by atoms with Crippen molar-refractivity contribution < 1.29 is 18.0 Å². The summed E-state index contributed by atoms with van der Waals surface area (Å²) < 4.78 is 25.4. The number of amides is 2. The normalized spacial score (nSPS) is 16.0. The molecule has 0 aromatic heterocycles. The van der Waals surface area contributed by atoms with Gasteiger partial charge in [-0.25, -0.2) is 8.42 Å². The van der Waals surface area contributed by atoms with Crippen molar-refractivity contribution in [3.05, 3.63) is 53.6 Å². The molecule has 0 spiro atoms. The lowest BCUT2D eigenvalue weighted by Gasteiger charge is -2.21. The van der Waals surface area contributed by atoms with Crippen molar-refractivity contribution in [1.29, 1.82) is 0 Å². The molecular weight excluding hydrogens is 366 g/mol. The SMILES string of the molecule is CC(=O)Nc1ccc(NC(=O)c2ccc3c(c2)C[C@H](C)N3S(C)(=O)=O)cc1. The Bertz CT molecular complexity index is 1000. The largest absolute Gasteiger partial charge is 0.326 e. The summed E-state index contributed by atoms with van der Waals surface area (Å²) in [6.07, 6.45) is 1.75. The van der Waals surface area contributed by atoms with Gasteiger partial charge < -0.3 is 10.6 Å². The molecule has 3 rings (SSSR count). The highest BCUT2D eigenvalue weighted by atomic mass is 32.2. The molecule has 8 heteroatoms. The summed E-state index contributed by atoms with van der Waals surface area (Å²) in [6.45, 7) is 3.27. The Morgan fingerprint density at radius 2 is 1.63 bits per heavy atom. The average molecular weight is 387 g/mol. The molecular formula is C19H21N3O4S. The van der Waals surface area contributed by atoms with Crippen LogP contribution < -0.4 is 14.9 Å². The number of carbonyl (C=O) groups excluding carboxylic acids is 2. The summed E-state index contributed by atoms with van der Waals surface area (Å²) in [6, 6.07) is 11.7. The van der Waals surface area contributed by atoms with E-state index in [9.17, 15) is 18.0 Å². The minimum absolute atomic E-state index is 0.165. The fraction of sp³-hybridized carbons (Fsp3) is 0.263. The Kier molecular flexibility index (Phi) is 4.93. The molecule has 142 valence electrons. The molecule has 1 atom stereocenters. The quantitative estimate of drug-likeness (QED) is 0.843. The van der Waals surface area contributed by atoms with Crippen LogP contribution in [-0.2, 0) is 21.2 Å². The highest BCUT2D eigenvalue weighted by Gasteiger charge is 2.32. The molecule has 2 aromatic carbocycles. The van der Waals surface area contributed by atoms with Crippen LogP contribution in [0.5, 0.6) is 0 Å². The number of hydrogen-bond acceptors (Lipinski definition) is 4. The van der Waals surface area contributed by atoms with Crippen molar-refractivity contribution in [2.24, 2.45) is 0 Å². The highest BCUT2D eigenvalue weighted by molar-refractivity contribution is 7.92. The number of fused-ring (bicyclic) bond motifs is 1. The van der Waals surface area contributed by atoms with Crippen LogP contribution in [0.2, 0.25) is 0 Å². The van der Waals surface area contributed by atoms with Crippen LogP contribution in [0.1, 0.15) is 29.8 Å². The summed E-state index contributed by atoms with van der Waals surface area (Å²) in [4.78, 5) is 23.6. The van der Waals surface area contributed by atoms with Crippen molar-refractivity contribution >= 4 is 38.9 Å². The molecule has 0 saturated heterocycles. The summed E-state index contributed by atoms with van der Waals surface area (Å²) in [5, 5.41) is 5.46. The van der Waals surface area contributed by atoms with E-state index in [1.807, 2.05) is 6.92 Å². The van der Waals surface area contributed by atoms with Gasteiger partial charge in [-0.3, -0.25) is 13.9 Å². The lowest BCUT2D eigenvalue weighted by atomic mass is 10.1. The van der Waals surface area contributed by atoms with Crippen LogP contribution in [0.4, 0.5) is 17.1 Å². The van der Waals surface area contributed by atoms with Gasteiger partial charge in [-0.1, -0.05) is 0 Å². The summed E-state index contributed by atoms with van der Waals surface area (Å²) in [7, 11) is -3.36. The Balaban J connectivity index is 1.77. The molecule has 0 bridgehead atoms. The van der Waals surface area contributed by atoms with Crippen LogP contribution in [-0.4, -0.2) is 32.5 Å². The van der Waals surface area contributed by atoms with E-state index in [0.717, 1.165) is 5.56 Å². The maximum absolute atomic E-state index is 12.5. The second-order valence-electron chi connectivity index (χ2n) is 6.67. The van der Waals surface area contributed by atoms with Gasteiger partial charge in [0.2, 0.25) is 15.9 Å². The predicted molar refractivity (Wildman–Crippen MR) is 106 cm³/mol. The summed E-state index contributed by atoms with van der Waals surface area (Å²) in [5.74, 6) is -0.446. The zero-order chi connectivity index (χ0) is 19.8. The van der Waals surface area contributed by atoms with E-state index in [1.54, 1.807) is 42.5 Å². The number of benzene rings is 2. The first kappa shape index (κ1) is 18.9. The zero-order valence-electron chi connectivity index (χ0n) is 15.3. The van der Waals surface area contributed by atoms with E-state index in [2.05, 4.69) is 10.6 Å². The van der Waals surface area contributed by atoms with Crippen molar-refractivity contribution in [1.82, 2.24) is 0 Å². The monoisotopic (exact) mass is 387 g/mol. The van der Waals surface area contributed by atoms with Gasteiger partial charge >= 0.3 is 0 Å². The Labute approximate surface area is 158 Å². The molecule has 0 aliphatic carbocycles. The van der Waals surface area contributed by atoms with E-state index in [1.165, 1.54) is 17.5 Å². The number of nitrogens with one attached hydrogen (secondary N) is 2.